The van der Waals surface area contributed by atoms with Gasteiger partial charge >= 0.3 is 11.9 Å². The maximum atomic E-state index is 13.0. The molecule has 1 aliphatic heterocycles. The van der Waals surface area contributed by atoms with Crippen LogP contribution in [0.15, 0.2) is 17.5 Å². The zero-order valence-corrected chi connectivity index (χ0v) is 11.7. The van der Waals surface area contributed by atoms with Crippen molar-refractivity contribution in [1.82, 2.24) is 5.32 Å². The molecule has 1 aromatic heterocycles. The summed E-state index contributed by atoms with van der Waals surface area (Å²) in [7, 11) is 0. The molecule has 1 fully saturated rings. The summed E-state index contributed by atoms with van der Waals surface area (Å²) in [5.74, 6) is -4.73. The zero-order valence-electron chi connectivity index (χ0n) is 10.9. The molecule has 1 atom stereocenters. The molecule has 0 saturated carbocycles. The van der Waals surface area contributed by atoms with Crippen LogP contribution in [0.5, 0.6) is 0 Å². The van der Waals surface area contributed by atoms with Gasteiger partial charge in [0.2, 0.25) is 0 Å². The number of cyclic esters (lactones) is 1. The summed E-state index contributed by atoms with van der Waals surface area (Å²) >= 11 is 1.67. The Morgan fingerprint density at radius 2 is 2.32 bits per heavy atom. The molecule has 0 aliphatic carbocycles. The number of carbonyl (C=O) groups excluding carboxylic acids is 1. The fraction of sp³-hybridized carbons (Fsp3) is 0.615. The van der Waals surface area contributed by atoms with Crippen LogP contribution in [0.1, 0.15) is 25.1 Å². The fourth-order valence-corrected chi connectivity index (χ4v) is 2.91. The zero-order chi connectivity index (χ0) is 14.1. The van der Waals surface area contributed by atoms with Crippen LogP contribution in [-0.2, 0) is 14.9 Å². The number of ether oxygens (including phenoxy) is 1. The van der Waals surface area contributed by atoms with Gasteiger partial charge in [0.15, 0.2) is 0 Å². The lowest BCUT2D eigenvalue weighted by Gasteiger charge is -2.24. The van der Waals surface area contributed by atoms with E-state index in [1.807, 2.05) is 11.4 Å². The molecule has 0 aromatic carbocycles. The predicted molar refractivity (Wildman–Crippen MR) is 69.7 cm³/mol. The number of hydrogen-bond donors (Lipinski definition) is 1. The first-order chi connectivity index (χ1) is 8.81. The van der Waals surface area contributed by atoms with Crippen molar-refractivity contribution in [3.8, 4) is 0 Å². The normalized spacial score (nSPS) is 22.5. The van der Waals surface area contributed by atoms with E-state index < -0.39 is 24.4 Å². The van der Waals surface area contributed by atoms with Crippen LogP contribution in [-0.4, -0.2) is 31.1 Å². The van der Waals surface area contributed by atoms with Crippen LogP contribution in [0, 0.1) is 0 Å². The van der Waals surface area contributed by atoms with Crippen LogP contribution in [0.3, 0.4) is 0 Å². The van der Waals surface area contributed by atoms with Gasteiger partial charge in [0, 0.05) is 23.4 Å². The van der Waals surface area contributed by atoms with E-state index >= 15 is 0 Å². The number of carbonyl (C=O) groups is 1. The van der Waals surface area contributed by atoms with Crippen LogP contribution >= 0.6 is 11.3 Å². The molecule has 1 aromatic rings. The van der Waals surface area contributed by atoms with Crippen molar-refractivity contribution in [2.45, 2.75) is 37.7 Å². The van der Waals surface area contributed by atoms with E-state index in [1.54, 1.807) is 11.3 Å². The minimum atomic E-state index is -3.32. The van der Waals surface area contributed by atoms with Gasteiger partial charge in [-0.1, -0.05) is 19.9 Å². The molecular weight excluding hydrogens is 272 g/mol. The van der Waals surface area contributed by atoms with Gasteiger partial charge in [0.25, 0.3) is 0 Å². The highest BCUT2D eigenvalue weighted by Gasteiger charge is 2.50. The van der Waals surface area contributed by atoms with E-state index in [9.17, 15) is 13.6 Å². The molecule has 3 nitrogen and oxygen atoms in total. The largest absolute Gasteiger partial charge is 0.456 e. The van der Waals surface area contributed by atoms with Gasteiger partial charge < -0.3 is 10.1 Å². The van der Waals surface area contributed by atoms with Crippen LogP contribution < -0.4 is 5.32 Å². The lowest BCUT2D eigenvalue weighted by molar-refractivity contribution is -0.159. The van der Waals surface area contributed by atoms with Gasteiger partial charge in [0.1, 0.15) is 6.10 Å². The molecule has 0 radical (unpaired) electrons. The molecule has 1 aliphatic rings. The summed E-state index contributed by atoms with van der Waals surface area (Å²) in [6.07, 6.45) is -1.26. The van der Waals surface area contributed by atoms with Gasteiger partial charge in [0.05, 0.1) is 6.42 Å². The minimum Gasteiger partial charge on any atom is -0.456 e. The Bertz CT molecular complexity index is 446. The molecule has 0 amide bonds. The summed E-state index contributed by atoms with van der Waals surface area (Å²) < 4.78 is 30.6. The fourth-order valence-electron chi connectivity index (χ4n) is 2.06. The van der Waals surface area contributed by atoms with Crippen molar-refractivity contribution >= 4 is 17.3 Å². The van der Waals surface area contributed by atoms with E-state index in [0.717, 1.165) is 0 Å². The van der Waals surface area contributed by atoms with Crippen LogP contribution in [0.4, 0.5) is 8.78 Å². The van der Waals surface area contributed by atoms with Gasteiger partial charge in [-0.2, -0.15) is 8.78 Å². The number of thiophene rings is 1. The second kappa shape index (κ2) is 5.17. The van der Waals surface area contributed by atoms with Crippen molar-refractivity contribution < 1.29 is 18.3 Å². The SMILES string of the molecule is CC(C)(CNCC1CC(F)(F)C(=O)O1)c1cccs1. The maximum Gasteiger partial charge on any atom is 0.377 e. The highest BCUT2D eigenvalue weighted by atomic mass is 32.1. The van der Waals surface area contributed by atoms with Crippen molar-refractivity contribution in [3.63, 3.8) is 0 Å². The molecule has 0 bridgehead atoms. The smallest absolute Gasteiger partial charge is 0.377 e. The number of halogens is 2. The first-order valence-corrected chi connectivity index (χ1v) is 7.03. The summed E-state index contributed by atoms with van der Waals surface area (Å²) in [5.41, 5.74) is -0.0701. The monoisotopic (exact) mass is 289 g/mol. The number of esters is 1. The molecule has 0 spiro atoms. The lowest BCUT2D eigenvalue weighted by Crippen LogP contribution is -2.36. The Balaban J connectivity index is 1.80. The summed E-state index contributed by atoms with van der Waals surface area (Å²) in [5, 5.41) is 5.12. The van der Waals surface area contributed by atoms with Gasteiger partial charge in [-0.3, -0.25) is 0 Å². The van der Waals surface area contributed by atoms with E-state index in [0.29, 0.717) is 6.54 Å². The highest BCUT2D eigenvalue weighted by Crippen LogP contribution is 2.31. The van der Waals surface area contributed by atoms with Gasteiger partial charge in [-0.05, 0) is 11.4 Å². The molecule has 19 heavy (non-hydrogen) atoms. The highest BCUT2D eigenvalue weighted by molar-refractivity contribution is 7.10. The third-order valence-corrected chi connectivity index (χ3v) is 4.42. The van der Waals surface area contributed by atoms with Crippen molar-refractivity contribution in [2.24, 2.45) is 0 Å². The molecule has 1 unspecified atom stereocenters. The Kier molecular flexibility index (Phi) is 3.92. The van der Waals surface area contributed by atoms with Crippen molar-refractivity contribution in [3.05, 3.63) is 22.4 Å². The third-order valence-electron chi connectivity index (χ3n) is 3.18. The molecule has 2 rings (SSSR count). The summed E-state index contributed by atoms with van der Waals surface area (Å²) in [6, 6.07) is 4.04. The van der Waals surface area contributed by atoms with E-state index in [2.05, 4.69) is 30.0 Å². The number of hydrogen-bond acceptors (Lipinski definition) is 4. The van der Waals surface area contributed by atoms with Gasteiger partial charge in [-0.25, -0.2) is 4.79 Å². The molecule has 2 heterocycles. The average molecular weight is 289 g/mol. The van der Waals surface area contributed by atoms with E-state index in [4.69, 9.17) is 0 Å². The molecule has 1 saturated heterocycles. The van der Waals surface area contributed by atoms with Crippen molar-refractivity contribution in [1.29, 1.82) is 0 Å². The van der Waals surface area contributed by atoms with E-state index in [1.165, 1.54) is 4.88 Å². The van der Waals surface area contributed by atoms with Crippen molar-refractivity contribution in [2.75, 3.05) is 13.1 Å². The van der Waals surface area contributed by atoms with Crippen LogP contribution in [0.2, 0.25) is 0 Å². The Morgan fingerprint density at radius 3 is 2.84 bits per heavy atom. The number of alkyl halides is 2. The topological polar surface area (TPSA) is 38.3 Å². The summed E-state index contributed by atoms with van der Waals surface area (Å²) in [6.45, 7) is 5.07. The second-order valence-electron chi connectivity index (χ2n) is 5.43. The minimum absolute atomic E-state index is 0.0701. The molecule has 106 valence electrons. The maximum absolute atomic E-state index is 13.0. The standard InChI is InChI=1S/C13H17F2NO2S/c1-12(2,10-4-3-5-19-10)8-16-7-9-6-13(14,15)11(17)18-9/h3-5,9,16H,6-8H2,1-2H3. The molecule has 6 heteroatoms. The second-order valence-corrected chi connectivity index (χ2v) is 6.38. The predicted octanol–water partition coefficient (Wildman–Crippen LogP) is 2.57. The Hall–Kier alpha value is -1.01. The molecule has 1 N–H and O–H groups in total. The van der Waals surface area contributed by atoms with Crippen LogP contribution in [0.25, 0.3) is 0 Å². The number of rotatable bonds is 5. The Morgan fingerprint density at radius 1 is 1.58 bits per heavy atom. The first kappa shape index (κ1) is 14.4. The Labute approximate surface area is 115 Å². The summed E-state index contributed by atoms with van der Waals surface area (Å²) in [4.78, 5) is 12.1. The quantitative estimate of drug-likeness (QED) is 0.847. The average Bonchev–Trinajstić information content (AvgIpc) is 2.88. The van der Waals surface area contributed by atoms with E-state index in [-0.39, 0.29) is 12.0 Å². The number of nitrogens with one attached hydrogen (secondary N) is 1. The lowest BCUT2D eigenvalue weighted by atomic mass is 9.91. The third kappa shape index (κ3) is 3.30. The molecular formula is C13H17F2NO2S. The van der Waals surface area contributed by atoms with Gasteiger partial charge in [-0.15, -0.1) is 11.3 Å². The first-order valence-electron chi connectivity index (χ1n) is 6.15.